The molecule has 2 heterocycles. The Morgan fingerprint density at radius 3 is 2.57 bits per heavy atom. The molecule has 0 aromatic carbocycles. The van der Waals surface area contributed by atoms with Gasteiger partial charge in [0.05, 0.1) is 29.6 Å². The van der Waals surface area contributed by atoms with Gasteiger partial charge in [-0.25, -0.2) is 14.5 Å². The minimum atomic E-state index is -1.21. The van der Waals surface area contributed by atoms with Crippen LogP contribution >= 0.6 is 11.6 Å². The molecule has 0 bridgehead atoms. The standard InChI is InChI=1S/C20H31ClN4O4Si/c1-20(2,3)29-19(26)24-16-12-23-25(13-28-8-9-30(5,6)7)17(16)15-10-14(21)11-22-18(15)27-4/h10-12H,8-9,13H2,1-7H3,(H,24,26). The van der Waals surface area contributed by atoms with Gasteiger partial charge >= 0.3 is 6.09 Å². The van der Waals surface area contributed by atoms with Gasteiger partial charge in [0, 0.05) is 20.9 Å². The fraction of sp³-hybridized carbons (Fsp3) is 0.550. The van der Waals surface area contributed by atoms with Gasteiger partial charge in [-0.15, -0.1) is 0 Å². The Morgan fingerprint density at radius 2 is 1.97 bits per heavy atom. The first-order valence-corrected chi connectivity index (χ1v) is 13.8. The number of aromatic nitrogens is 3. The summed E-state index contributed by atoms with van der Waals surface area (Å²) in [6.45, 7) is 13.1. The fourth-order valence-corrected chi connectivity index (χ4v) is 3.48. The topological polar surface area (TPSA) is 87.5 Å². The summed E-state index contributed by atoms with van der Waals surface area (Å²) >= 11 is 6.18. The van der Waals surface area contributed by atoms with Crippen LogP contribution in [0.25, 0.3) is 11.3 Å². The van der Waals surface area contributed by atoms with Crippen LogP contribution < -0.4 is 10.1 Å². The van der Waals surface area contributed by atoms with Crippen molar-refractivity contribution in [2.75, 3.05) is 19.0 Å². The smallest absolute Gasteiger partial charge is 0.412 e. The summed E-state index contributed by atoms with van der Waals surface area (Å²) in [5, 5.41) is 7.57. The minimum absolute atomic E-state index is 0.214. The van der Waals surface area contributed by atoms with E-state index in [1.807, 2.05) is 0 Å². The molecular weight excluding hydrogens is 424 g/mol. The second-order valence-electron chi connectivity index (χ2n) is 9.09. The summed E-state index contributed by atoms with van der Waals surface area (Å²) in [5.74, 6) is 0.357. The van der Waals surface area contributed by atoms with Crippen LogP contribution in [-0.2, 0) is 16.2 Å². The van der Waals surface area contributed by atoms with E-state index in [1.165, 1.54) is 13.3 Å². The van der Waals surface area contributed by atoms with Gasteiger partial charge in [-0.3, -0.25) is 5.32 Å². The van der Waals surface area contributed by atoms with Gasteiger partial charge in [0.25, 0.3) is 0 Å². The zero-order chi connectivity index (χ0) is 22.5. The molecule has 0 radical (unpaired) electrons. The molecule has 0 saturated carbocycles. The third kappa shape index (κ3) is 7.30. The molecule has 30 heavy (non-hydrogen) atoms. The van der Waals surface area contributed by atoms with Crippen LogP contribution in [-0.4, -0.2) is 48.2 Å². The Hall–Kier alpha value is -2.10. The van der Waals surface area contributed by atoms with Crippen molar-refractivity contribution in [1.82, 2.24) is 14.8 Å². The molecule has 0 saturated heterocycles. The summed E-state index contributed by atoms with van der Waals surface area (Å²) in [7, 11) is 0.309. The third-order valence-electron chi connectivity index (χ3n) is 3.95. The van der Waals surface area contributed by atoms with E-state index in [-0.39, 0.29) is 6.73 Å². The summed E-state index contributed by atoms with van der Waals surface area (Å²) in [6, 6.07) is 2.75. The number of nitrogens with zero attached hydrogens (tertiary/aromatic N) is 3. The second kappa shape index (κ2) is 9.80. The number of methoxy groups -OCH3 is 1. The van der Waals surface area contributed by atoms with Gasteiger partial charge in [-0.05, 0) is 32.9 Å². The molecule has 1 amide bonds. The van der Waals surface area contributed by atoms with Crippen molar-refractivity contribution in [2.24, 2.45) is 0 Å². The van der Waals surface area contributed by atoms with Gasteiger partial charge in [0.2, 0.25) is 5.88 Å². The van der Waals surface area contributed by atoms with E-state index in [1.54, 1.807) is 37.7 Å². The Morgan fingerprint density at radius 1 is 1.27 bits per heavy atom. The SMILES string of the molecule is COc1ncc(Cl)cc1-c1c(NC(=O)OC(C)(C)C)cnn1COCC[Si](C)(C)C. The van der Waals surface area contributed by atoms with Crippen molar-refractivity contribution in [3.8, 4) is 17.1 Å². The van der Waals surface area contributed by atoms with Gasteiger partial charge in [-0.2, -0.15) is 5.10 Å². The molecule has 2 rings (SSSR count). The number of rotatable bonds is 8. The van der Waals surface area contributed by atoms with E-state index in [0.29, 0.717) is 34.5 Å². The van der Waals surface area contributed by atoms with Gasteiger partial charge in [0.15, 0.2) is 0 Å². The lowest BCUT2D eigenvalue weighted by atomic mass is 10.1. The van der Waals surface area contributed by atoms with Crippen molar-refractivity contribution in [2.45, 2.75) is 58.8 Å². The minimum Gasteiger partial charge on any atom is -0.481 e. The average molecular weight is 455 g/mol. The van der Waals surface area contributed by atoms with E-state index < -0.39 is 19.8 Å². The highest BCUT2D eigenvalue weighted by atomic mass is 35.5. The first-order valence-electron chi connectivity index (χ1n) is 9.73. The number of halogens is 1. The van der Waals surface area contributed by atoms with E-state index in [4.69, 9.17) is 25.8 Å². The number of carbonyl (C=O) groups excluding carboxylic acids is 1. The number of amides is 1. The Kier molecular flexibility index (Phi) is 7.90. The third-order valence-corrected chi connectivity index (χ3v) is 5.86. The molecule has 0 aliphatic carbocycles. The zero-order valence-corrected chi connectivity index (χ0v) is 20.5. The van der Waals surface area contributed by atoms with Crippen molar-refractivity contribution >= 4 is 31.5 Å². The Bertz CT molecular complexity index is 875. The Balaban J connectivity index is 2.35. The maximum Gasteiger partial charge on any atom is 0.412 e. The molecule has 0 aliphatic heterocycles. The van der Waals surface area contributed by atoms with Crippen LogP contribution in [0.3, 0.4) is 0 Å². The summed E-state index contributed by atoms with van der Waals surface area (Å²) in [4.78, 5) is 16.6. The highest BCUT2D eigenvalue weighted by Crippen LogP contribution is 2.35. The van der Waals surface area contributed by atoms with Crippen LogP contribution in [0.2, 0.25) is 30.7 Å². The molecule has 10 heteroatoms. The zero-order valence-electron chi connectivity index (χ0n) is 18.7. The normalized spacial score (nSPS) is 12.0. The largest absolute Gasteiger partial charge is 0.481 e. The number of hydrogen-bond donors (Lipinski definition) is 1. The first-order chi connectivity index (χ1) is 13.9. The summed E-state index contributed by atoms with van der Waals surface area (Å²) in [6.07, 6.45) is 2.45. The Labute approximate surface area is 183 Å². The molecule has 0 atom stereocenters. The van der Waals surface area contributed by atoms with Gasteiger partial charge in [0.1, 0.15) is 18.0 Å². The van der Waals surface area contributed by atoms with E-state index in [9.17, 15) is 4.79 Å². The monoisotopic (exact) mass is 454 g/mol. The number of hydrogen-bond acceptors (Lipinski definition) is 6. The van der Waals surface area contributed by atoms with Crippen LogP contribution in [0, 0.1) is 0 Å². The number of anilines is 1. The summed E-state index contributed by atoms with van der Waals surface area (Å²) in [5.41, 5.74) is 0.971. The lowest BCUT2D eigenvalue weighted by Gasteiger charge is -2.20. The van der Waals surface area contributed by atoms with Crippen molar-refractivity contribution in [3.63, 3.8) is 0 Å². The molecule has 0 aliphatic rings. The molecule has 2 aromatic heterocycles. The highest BCUT2D eigenvalue weighted by molar-refractivity contribution is 6.76. The molecule has 1 N–H and O–H groups in total. The lowest BCUT2D eigenvalue weighted by Crippen LogP contribution is -2.27. The van der Waals surface area contributed by atoms with Gasteiger partial charge in [-0.1, -0.05) is 31.2 Å². The molecular formula is C20H31ClN4O4Si. The molecule has 8 nitrogen and oxygen atoms in total. The predicted molar refractivity (Wildman–Crippen MR) is 121 cm³/mol. The fourth-order valence-electron chi connectivity index (χ4n) is 2.56. The maximum atomic E-state index is 12.3. The van der Waals surface area contributed by atoms with Crippen LogP contribution in [0.5, 0.6) is 5.88 Å². The summed E-state index contributed by atoms with van der Waals surface area (Å²) < 4.78 is 18.3. The molecule has 0 fully saturated rings. The number of nitrogens with one attached hydrogen (secondary N) is 1. The van der Waals surface area contributed by atoms with Crippen LogP contribution in [0.1, 0.15) is 20.8 Å². The molecule has 0 spiro atoms. The van der Waals surface area contributed by atoms with E-state index in [2.05, 4.69) is 35.0 Å². The second-order valence-corrected chi connectivity index (χ2v) is 15.1. The average Bonchev–Trinajstić information content (AvgIpc) is 2.98. The molecule has 2 aromatic rings. The predicted octanol–water partition coefficient (Wildman–Crippen LogP) is 5.27. The number of pyridine rings is 1. The maximum absolute atomic E-state index is 12.3. The van der Waals surface area contributed by atoms with Crippen LogP contribution in [0.4, 0.5) is 10.5 Å². The quantitative estimate of drug-likeness (QED) is 0.432. The number of ether oxygens (including phenoxy) is 3. The number of carbonyl (C=O) groups is 1. The van der Waals surface area contributed by atoms with Crippen LogP contribution in [0.15, 0.2) is 18.5 Å². The van der Waals surface area contributed by atoms with Crippen molar-refractivity contribution in [1.29, 1.82) is 0 Å². The molecule has 166 valence electrons. The lowest BCUT2D eigenvalue weighted by molar-refractivity contribution is 0.0635. The van der Waals surface area contributed by atoms with Crippen molar-refractivity contribution in [3.05, 3.63) is 23.5 Å². The highest BCUT2D eigenvalue weighted by Gasteiger charge is 2.23. The van der Waals surface area contributed by atoms with E-state index in [0.717, 1.165) is 6.04 Å². The molecule has 0 unspecified atom stereocenters. The van der Waals surface area contributed by atoms with Crippen molar-refractivity contribution < 1.29 is 19.0 Å². The van der Waals surface area contributed by atoms with E-state index >= 15 is 0 Å². The first kappa shape index (κ1) is 24.2. The van der Waals surface area contributed by atoms with Gasteiger partial charge < -0.3 is 14.2 Å².